The third kappa shape index (κ3) is 3.88. The number of aromatic nitrogens is 4. The normalized spacial score (nSPS) is 12.5. The molecule has 3 heterocycles. The number of pyridine rings is 2. The summed E-state index contributed by atoms with van der Waals surface area (Å²) in [6.45, 7) is 0. The maximum atomic E-state index is 4.90. The van der Waals surface area contributed by atoms with E-state index in [1.54, 1.807) is 6.20 Å². The van der Waals surface area contributed by atoms with Crippen molar-refractivity contribution in [3.63, 3.8) is 0 Å². The van der Waals surface area contributed by atoms with Gasteiger partial charge in [-0.1, -0.05) is 103 Å². The van der Waals surface area contributed by atoms with Crippen LogP contribution >= 0.6 is 0 Å². The summed E-state index contributed by atoms with van der Waals surface area (Å²) < 4.78 is 0. The lowest BCUT2D eigenvalue weighted by Gasteiger charge is -2.19. The lowest BCUT2D eigenvalue weighted by molar-refractivity contribution is 1.08. The summed E-state index contributed by atoms with van der Waals surface area (Å²) in [7, 11) is 0. The molecule has 0 amide bonds. The highest BCUT2D eigenvalue weighted by molar-refractivity contribution is 6.30. The van der Waals surface area contributed by atoms with Crippen LogP contribution in [0.3, 0.4) is 0 Å². The van der Waals surface area contributed by atoms with Crippen molar-refractivity contribution in [2.45, 2.75) is 0 Å². The lowest BCUT2D eigenvalue weighted by Crippen LogP contribution is -1.93. The molecule has 58 heavy (non-hydrogen) atoms. The molecule has 264 valence electrons. The maximum Gasteiger partial charge on any atom is 0.159 e. The van der Waals surface area contributed by atoms with Gasteiger partial charge in [-0.2, -0.15) is 10.2 Å². The molecule has 2 aliphatic carbocycles. The van der Waals surface area contributed by atoms with Gasteiger partial charge in [-0.3, -0.25) is 0 Å². The Hall–Kier alpha value is -7.82. The van der Waals surface area contributed by atoms with Crippen LogP contribution in [0.5, 0.6) is 0 Å². The highest BCUT2D eigenvalue weighted by atomic mass is 15.1. The Labute approximate surface area is 331 Å². The van der Waals surface area contributed by atoms with Crippen molar-refractivity contribution >= 4 is 75.8 Å². The van der Waals surface area contributed by atoms with Gasteiger partial charge in [0.25, 0.3) is 0 Å². The lowest BCUT2D eigenvalue weighted by atomic mass is 9.84. The van der Waals surface area contributed by atoms with Crippen LogP contribution in [-0.2, 0) is 0 Å². The Bertz CT molecular complexity index is 3600. The minimum absolute atomic E-state index is 0.756. The van der Waals surface area contributed by atoms with E-state index in [1.165, 1.54) is 115 Å². The smallest absolute Gasteiger partial charge is 0.159 e. The van der Waals surface area contributed by atoms with E-state index in [9.17, 15) is 0 Å². The van der Waals surface area contributed by atoms with E-state index in [-0.39, 0.29) is 0 Å². The largest absolute Gasteiger partial charge is 0.237 e. The number of fused-ring (bicyclic) bond motifs is 13. The van der Waals surface area contributed by atoms with Gasteiger partial charge < -0.3 is 0 Å². The van der Waals surface area contributed by atoms with Gasteiger partial charge in [0, 0.05) is 28.7 Å². The van der Waals surface area contributed by atoms with Gasteiger partial charge >= 0.3 is 0 Å². The average molecular weight is 733 g/mol. The zero-order valence-corrected chi connectivity index (χ0v) is 31.0. The Morgan fingerprint density at radius 1 is 0.328 bits per heavy atom. The Morgan fingerprint density at radius 2 is 0.897 bits per heavy atom. The molecule has 0 spiro atoms. The predicted octanol–water partition coefficient (Wildman–Crippen LogP) is 14.0. The molecule has 9 aromatic carbocycles. The molecule has 0 bridgehead atoms. The summed E-state index contributed by atoms with van der Waals surface area (Å²) in [5.41, 5.74) is 16.7. The van der Waals surface area contributed by atoms with Crippen molar-refractivity contribution in [2.24, 2.45) is 0 Å². The van der Waals surface area contributed by atoms with Gasteiger partial charge in [-0.05, 0) is 164 Å². The number of nitrogens with zero attached hydrogens (tertiary/aromatic N) is 4. The van der Waals surface area contributed by atoms with E-state index >= 15 is 0 Å². The molecule has 0 aliphatic heterocycles. The third-order valence-electron chi connectivity index (χ3n) is 12.9. The van der Waals surface area contributed by atoms with Crippen LogP contribution in [0.4, 0.5) is 0 Å². The van der Waals surface area contributed by atoms with Crippen LogP contribution in [0.15, 0.2) is 170 Å². The first-order valence-corrected chi connectivity index (χ1v) is 19.8. The van der Waals surface area contributed by atoms with Crippen molar-refractivity contribution < 1.29 is 0 Å². The molecule has 3 aromatic heterocycles. The SMILES string of the molecule is c1cnc2ncc(-c3c4c(cc5c3ccc3c6cc7c(c(-c8ccc9nnccc9c8)c6ccc53)-c3cccc5cccc-7c35)-c3cccc5cccc-4c35)cc2c1. The Morgan fingerprint density at radius 3 is 1.55 bits per heavy atom. The zero-order chi connectivity index (χ0) is 37.6. The van der Waals surface area contributed by atoms with Gasteiger partial charge in [0.15, 0.2) is 5.65 Å². The highest BCUT2D eigenvalue weighted by Crippen LogP contribution is 2.57. The van der Waals surface area contributed by atoms with Crippen molar-refractivity contribution in [3.05, 3.63) is 170 Å². The molecule has 14 rings (SSSR count). The fourth-order valence-corrected chi connectivity index (χ4v) is 10.5. The average Bonchev–Trinajstić information content (AvgIpc) is 3.78. The summed E-state index contributed by atoms with van der Waals surface area (Å²) in [6, 6.07) is 56.3. The Kier molecular flexibility index (Phi) is 5.73. The molecule has 0 saturated carbocycles. The van der Waals surface area contributed by atoms with E-state index < -0.39 is 0 Å². The Balaban J connectivity index is 1.13. The first kappa shape index (κ1) is 30.4. The van der Waals surface area contributed by atoms with E-state index in [2.05, 4.69) is 161 Å². The third-order valence-corrected chi connectivity index (χ3v) is 12.9. The second kappa shape index (κ2) is 10.9. The summed E-state index contributed by atoms with van der Waals surface area (Å²) in [5.74, 6) is 0. The minimum atomic E-state index is 0.756. The van der Waals surface area contributed by atoms with E-state index in [0.29, 0.717) is 0 Å². The van der Waals surface area contributed by atoms with E-state index in [1.807, 2.05) is 18.5 Å². The minimum Gasteiger partial charge on any atom is -0.237 e. The molecule has 0 saturated heterocycles. The number of hydrogen-bond donors (Lipinski definition) is 0. The van der Waals surface area contributed by atoms with Crippen molar-refractivity contribution in [1.29, 1.82) is 0 Å². The van der Waals surface area contributed by atoms with Crippen LogP contribution < -0.4 is 0 Å². The van der Waals surface area contributed by atoms with Crippen LogP contribution in [0.25, 0.3) is 143 Å². The molecule has 0 N–H and O–H groups in total. The summed E-state index contributed by atoms with van der Waals surface area (Å²) in [4.78, 5) is 9.46. The second-order valence-electron chi connectivity index (χ2n) is 15.8. The van der Waals surface area contributed by atoms with Crippen LogP contribution in [-0.4, -0.2) is 20.2 Å². The molecule has 2 aliphatic rings. The summed E-state index contributed by atoms with van der Waals surface area (Å²) >= 11 is 0. The van der Waals surface area contributed by atoms with Gasteiger partial charge in [-0.25, -0.2) is 9.97 Å². The van der Waals surface area contributed by atoms with Gasteiger partial charge in [0.2, 0.25) is 0 Å². The fraction of sp³-hybridized carbons (Fsp3) is 0. The molecule has 12 aromatic rings. The standard InChI is InChI=1S/C54H28N4/c1-6-29-8-3-13-41-48(29)37(11-1)45-26-43-35-17-19-40-44(36(35)16-18-39(43)50(52(41)45)32-15-20-47-31(24-32)21-23-57-58-47)27-46-38-12-2-7-30-9-4-14-42(49(30)38)53(46)51(40)34-25-33-10-5-22-55-54(33)56-28-34/h1-28H. The van der Waals surface area contributed by atoms with Gasteiger partial charge in [-0.15, -0.1) is 0 Å². The van der Waals surface area contributed by atoms with Crippen LogP contribution in [0.2, 0.25) is 0 Å². The van der Waals surface area contributed by atoms with Crippen LogP contribution in [0.1, 0.15) is 0 Å². The number of rotatable bonds is 2. The number of benzene rings is 9. The van der Waals surface area contributed by atoms with Crippen molar-refractivity contribution in [1.82, 2.24) is 20.2 Å². The van der Waals surface area contributed by atoms with Gasteiger partial charge in [0.1, 0.15) is 0 Å². The monoisotopic (exact) mass is 732 g/mol. The van der Waals surface area contributed by atoms with E-state index in [0.717, 1.165) is 27.5 Å². The topological polar surface area (TPSA) is 51.6 Å². The molecule has 0 atom stereocenters. The van der Waals surface area contributed by atoms with Crippen LogP contribution in [0, 0.1) is 0 Å². The first-order chi connectivity index (χ1) is 28.8. The molecule has 4 nitrogen and oxygen atoms in total. The molecule has 4 heteroatoms. The quantitative estimate of drug-likeness (QED) is 0.166. The van der Waals surface area contributed by atoms with Crippen molar-refractivity contribution in [3.8, 4) is 66.8 Å². The predicted molar refractivity (Wildman–Crippen MR) is 240 cm³/mol. The van der Waals surface area contributed by atoms with Crippen molar-refractivity contribution in [2.75, 3.05) is 0 Å². The molecular weight excluding hydrogens is 705 g/mol. The molecule has 0 radical (unpaired) electrons. The summed E-state index contributed by atoms with van der Waals surface area (Å²) in [6.07, 6.45) is 5.61. The molecular formula is C54H28N4. The van der Waals surface area contributed by atoms with E-state index in [4.69, 9.17) is 4.98 Å². The highest BCUT2D eigenvalue weighted by Gasteiger charge is 2.29. The maximum absolute atomic E-state index is 4.90. The zero-order valence-electron chi connectivity index (χ0n) is 31.0. The molecule has 0 unspecified atom stereocenters. The second-order valence-corrected chi connectivity index (χ2v) is 15.8. The fourth-order valence-electron chi connectivity index (χ4n) is 10.5. The first-order valence-electron chi connectivity index (χ1n) is 19.8. The number of hydrogen-bond acceptors (Lipinski definition) is 4. The summed E-state index contributed by atoms with van der Waals surface area (Å²) in [5, 5.41) is 23.3. The molecule has 0 fully saturated rings. The van der Waals surface area contributed by atoms with Gasteiger partial charge in [0.05, 0.1) is 11.7 Å².